The van der Waals surface area contributed by atoms with Crippen LogP contribution in [0.1, 0.15) is 30.0 Å². The highest BCUT2D eigenvalue weighted by molar-refractivity contribution is 6.30. The maximum atomic E-state index is 6.01. The molecule has 3 nitrogen and oxygen atoms in total. The summed E-state index contributed by atoms with van der Waals surface area (Å²) in [4.78, 5) is 4.41. The van der Waals surface area contributed by atoms with Gasteiger partial charge >= 0.3 is 0 Å². The summed E-state index contributed by atoms with van der Waals surface area (Å²) in [5, 5.41) is 0.652. The number of nitrogens with two attached hydrogens (primary N) is 1. The predicted molar refractivity (Wildman–Crippen MR) is 87.2 cm³/mol. The van der Waals surface area contributed by atoms with Crippen molar-refractivity contribution in [3.8, 4) is 11.6 Å². The average Bonchev–Trinajstić information content (AvgIpc) is 2.45. The Bertz CT molecular complexity index is 628. The van der Waals surface area contributed by atoms with Gasteiger partial charge in [0.15, 0.2) is 0 Å². The minimum absolute atomic E-state index is 0.174. The van der Waals surface area contributed by atoms with E-state index in [1.807, 2.05) is 32.2 Å². The molecule has 4 heteroatoms. The molecule has 1 heterocycles. The second-order valence-corrected chi connectivity index (χ2v) is 5.79. The Labute approximate surface area is 131 Å². The van der Waals surface area contributed by atoms with Gasteiger partial charge < -0.3 is 10.5 Å². The highest BCUT2D eigenvalue weighted by Crippen LogP contribution is 2.28. The van der Waals surface area contributed by atoms with Crippen LogP contribution in [0.4, 0.5) is 0 Å². The van der Waals surface area contributed by atoms with E-state index in [4.69, 9.17) is 22.1 Å². The van der Waals surface area contributed by atoms with Crippen LogP contribution in [0.3, 0.4) is 0 Å². The lowest BCUT2D eigenvalue weighted by Gasteiger charge is -2.13. The number of hydrogen-bond donors (Lipinski definition) is 1. The molecule has 1 aromatic carbocycles. The third kappa shape index (κ3) is 4.19. The lowest BCUT2D eigenvalue weighted by molar-refractivity contribution is 0.455. The number of aromatic nitrogens is 1. The zero-order valence-electron chi connectivity index (χ0n) is 12.7. The van der Waals surface area contributed by atoms with Gasteiger partial charge in [-0.3, -0.25) is 0 Å². The topological polar surface area (TPSA) is 48.1 Å². The standard InChI is InChI=1S/C17H21ClN2O/c1-4-15(19)8-13-7-12(3)17(20-10-13)21-16-9-14(18)6-5-11(16)2/h5-7,9-10,15H,4,8,19H2,1-3H3. The van der Waals surface area contributed by atoms with Crippen LogP contribution in [0.25, 0.3) is 0 Å². The van der Waals surface area contributed by atoms with Crippen LogP contribution in [0.5, 0.6) is 11.6 Å². The van der Waals surface area contributed by atoms with Gasteiger partial charge in [0.25, 0.3) is 0 Å². The van der Waals surface area contributed by atoms with Gasteiger partial charge in [-0.1, -0.05) is 24.6 Å². The van der Waals surface area contributed by atoms with E-state index in [1.54, 1.807) is 6.07 Å². The summed E-state index contributed by atoms with van der Waals surface area (Å²) >= 11 is 6.01. The quantitative estimate of drug-likeness (QED) is 0.889. The number of benzene rings is 1. The zero-order chi connectivity index (χ0) is 15.4. The number of rotatable bonds is 5. The molecule has 1 atom stereocenters. The van der Waals surface area contributed by atoms with Crippen molar-refractivity contribution < 1.29 is 4.74 Å². The first-order valence-corrected chi connectivity index (χ1v) is 7.52. The fraction of sp³-hybridized carbons (Fsp3) is 0.353. The van der Waals surface area contributed by atoms with Crippen molar-refractivity contribution in [2.45, 2.75) is 39.7 Å². The van der Waals surface area contributed by atoms with Crippen molar-refractivity contribution in [2.75, 3.05) is 0 Å². The fourth-order valence-corrected chi connectivity index (χ4v) is 2.24. The summed E-state index contributed by atoms with van der Waals surface area (Å²) in [7, 11) is 0. The van der Waals surface area contributed by atoms with Gasteiger partial charge in [-0.25, -0.2) is 4.98 Å². The van der Waals surface area contributed by atoms with Crippen molar-refractivity contribution in [2.24, 2.45) is 5.73 Å². The van der Waals surface area contributed by atoms with Gasteiger partial charge in [0, 0.05) is 22.8 Å². The molecule has 2 rings (SSSR count). The van der Waals surface area contributed by atoms with Crippen LogP contribution >= 0.6 is 11.6 Å². The maximum Gasteiger partial charge on any atom is 0.222 e. The van der Waals surface area contributed by atoms with E-state index in [-0.39, 0.29) is 6.04 Å². The Kier molecular flexibility index (Phi) is 5.21. The van der Waals surface area contributed by atoms with Crippen LogP contribution in [-0.2, 0) is 6.42 Å². The van der Waals surface area contributed by atoms with Crippen molar-refractivity contribution in [1.29, 1.82) is 0 Å². The molecule has 112 valence electrons. The molecule has 0 bridgehead atoms. The molecule has 1 aromatic heterocycles. The summed E-state index contributed by atoms with van der Waals surface area (Å²) in [6.45, 7) is 6.06. The molecule has 0 aliphatic heterocycles. The summed E-state index contributed by atoms with van der Waals surface area (Å²) < 4.78 is 5.88. The molecule has 0 saturated carbocycles. The van der Waals surface area contributed by atoms with Crippen molar-refractivity contribution >= 4 is 11.6 Å². The SMILES string of the molecule is CCC(N)Cc1cnc(Oc2cc(Cl)ccc2C)c(C)c1. The van der Waals surface area contributed by atoms with Crippen LogP contribution in [0, 0.1) is 13.8 Å². The lowest BCUT2D eigenvalue weighted by Crippen LogP contribution is -2.21. The van der Waals surface area contributed by atoms with E-state index in [0.29, 0.717) is 10.9 Å². The minimum atomic E-state index is 0.174. The molecule has 0 saturated heterocycles. The van der Waals surface area contributed by atoms with E-state index >= 15 is 0 Å². The molecule has 0 aliphatic carbocycles. The third-order valence-corrected chi connectivity index (χ3v) is 3.70. The second kappa shape index (κ2) is 6.92. The predicted octanol–water partition coefficient (Wildman–Crippen LogP) is 4.42. The van der Waals surface area contributed by atoms with Crippen LogP contribution < -0.4 is 10.5 Å². The second-order valence-electron chi connectivity index (χ2n) is 5.35. The molecular weight excluding hydrogens is 284 g/mol. The number of pyridine rings is 1. The molecule has 0 spiro atoms. The summed E-state index contributed by atoms with van der Waals surface area (Å²) in [6.07, 6.45) is 3.62. The van der Waals surface area contributed by atoms with Gasteiger partial charge in [0.1, 0.15) is 5.75 Å². The number of aryl methyl sites for hydroxylation is 2. The normalized spacial score (nSPS) is 12.2. The summed E-state index contributed by atoms with van der Waals surface area (Å²) in [6, 6.07) is 7.84. The molecule has 21 heavy (non-hydrogen) atoms. The Morgan fingerprint density at radius 3 is 2.67 bits per heavy atom. The smallest absolute Gasteiger partial charge is 0.222 e. The first kappa shape index (κ1) is 15.8. The maximum absolute atomic E-state index is 6.01. The molecule has 1 unspecified atom stereocenters. The van der Waals surface area contributed by atoms with E-state index in [0.717, 1.165) is 35.3 Å². The fourth-order valence-electron chi connectivity index (χ4n) is 2.07. The molecule has 0 aliphatic rings. The molecule has 0 radical (unpaired) electrons. The van der Waals surface area contributed by atoms with Gasteiger partial charge in [-0.05, 0) is 56.0 Å². The lowest BCUT2D eigenvalue weighted by atomic mass is 10.1. The van der Waals surface area contributed by atoms with E-state index in [9.17, 15) is 0 Å². The third-order valence-electron chi connectivity index (χ3n) is 3.47. The number of halogens is 1. The van der Waals surface area contributed by atoms with E-state index in [2.05, 4.69) is 18.0 Å². The van der Waals surface area contributed by atoms with Crippen LogP contribution in [0.15, 0.2) is 30.5 Å². The first-order chi connectivity index (χ1) is 9.99. The van der Waals surface area contributed by atoms with Gasteiger partial charge in [-0.15, -0.1) is 0 Å². The largest absolute Gasteiger partial charge is 0.438 e. The number of nitrogens with zero attached hydrogens (tertiary/aromatic N) is 1. The highest BCUT2D eigenvalue weighted by atomic mass is 35.5. The van der Waals surface area contributed by atoms with Gasteiger partial charge in [0.05, 0.1) is 0 Å². The summed E-state index contributed by atoms with van der Waals surface area (Å²) in [5.74, 6) is 1.34. The van der Waals surface area contributed by atoms with E-state index < -0.39 is 0 Å². The van der Waals surface area contributed by atoms with Crippen molar-refractivity contribution in [3.63, 3.8) is 0 Å². The first-order valence-electron chi connectivity index (χ1n) is 7.14. The van der Waals surface area contributed by atoms with Gasteiger partial charge in [0.2, 0.25) is 5.88 Å². The van der Waals surface area contributed by atoms with Gasteiger partial charge in [-0.2, -0.15) is 0 Å². The zero-order valence-corrected chi connectivity index (χ0v) is 13.4. The Morgan fingerprint density at radius 2 is 2.00 bits per heavy atom. The van der Waals surface area contributed by atoms with Crippen molar-refractivity contribution in [1.82, 2.24) is 4.98 Å². The Morgan fingerprint density at radius 1 is 1.24 bits per heavy atom. The molecule has 0 fully saturated rings. The monoisotopic (exact) mass is 304 g/mol. The molecule has 2 aromatic rings. The Hall–Kier alpha value is -1.58. The molecule has 2 N–H and O–H groups in total. The average molecular weight is 305 g/mol. The number of ether oxygens (including phenoxy) is 1. The van der Waals surface area contributed by atoms with Crippen LogP contribution in [-0.4, -0.2) is 11.0 Å². The van der Waals surface area contributed by atoms with Crippen molar-refractivity contribution in [3.05, 3.63) is 52.2 Å². The minimum Gasteiger partial charge on any atom is -0.438 e. The molecule has 0 amide bonds. The van der Waals surface area contributed by atoms with E-state index in [1.165, 1.54) is 0 Å². The molecular formula is C17H21ClN2O. The number of hydrogen-bond acceptors (Lipinski definition) is 3. The summed E-state index contributed by atoms with van der Waals surface area (Å²) in [5.41, 5.74) is 9.14. The Balaban J connectivity index is 2.19. The highest BCUT2D eigenvalue weighted by Gasteiger charge is 2.09. The van der Waals surface area contributed by atoms with Crippen LogP contribution in [0.2, 0.25) is 5.02 Å².